The molecule has 1 aromatic heterocycles. The molecule has 3 amide bonds. The first kappa shape index (κ1) is 13.4. The Morgan fingerprint density at radius 3 is 2.86 bits per heavy atom. The second kappa shape index (κ2) is 4.61. The van der Waals surface area contributed by atoms with Gasteiger partial charge in [0.25, 0.3) is 5.91 Å². The van der Waals surface area contributed by atoms with Crippen molar-refractivity contribution < 1.29 is 14.4 Å². The van der Waals surface area contributed by atoms with Crippen LogP contribution in [0.3, 0.4) is 0 Å². The number of nitrogens with one attached hydrogen (secondary N) is 1. The zero-order valence-electron chi connectivity index (χ0n) is 11.3. The lowest BCUT2D eigenvalue weighted by atomic mass is 10.0. The first-order valence-corrected chi connectivity index (χ1v) is 7.61. The number of hydrogen-bond donors (Lipinski definition) is 1. The van der Waals surface area contributed by atoms with Crippen molar-refractivity contribution in [2.24, 2.45) is 0 Å². The molecular formula is C15H10BrN3O3. The van der Waals surface area contributed by atoms with E-state index in [2.05, 4.69) is 26.2 Å². The highest BCUT2D eigenvalue weighted by molar-refractivity contribution is 9.10. The van der Waals surface area contributed by atoms with Crippen LogP contribution in [0.4, 0.5) is 5.69 Å². The predicted octanol–water partition coefficient (Wildman–Crippen LogP) is 1.76. The van der Waals surface area contributed by atoms with Crippen LogP contribution in [0.5, 0.6) is 0 Å². The van der Waals surface area contributed by atoms with Crippen LogP contribution in [-0.2, 0) is 9.59 Å². The van der Waals surface area contributed by atoms with E-state index in [1.165, 1.54) is 4.90 Å². The second-order valence-corrected chi connectivity index (χ2v) is 6.24. The molecule has 110 valence electrons. The molecular weight excluding hydrogens is 350 g/mol. The number of carbonyl (C=O) groups excluding carboxylic acids is 3. The molecule has 1 N–H and O–H groups in total. The Morgan fingerprint density at radius 2 is 2.09 bits per heavy atom. The quantitative estimate of drug-likeness (QED) is 0.786. The number of piperidine rings is 1. The molecule has 0 radical (unpaired) electrons. The predicted molar refractivity (Wildman–Crippen MR) is 82.4 cm³/mol. The van der Waals surface area contributed by atoms with Crippen LogP contribution in [0.15, 0.2) is 28.9 Å². The Balaban J connectivity index is 1.89. The molecule has 1 unspecified atom stereocenters. The fraction of sp³-hybridized carbons (Fsp3) is 0.200. The highest BCUT2D eigenvalue weighted by Crippen LogP contribution is 2.40. The summed E-state index contributed by atoms with van der Waals surface area (Å²) < 4.78 is 0.784. The highest BCUT2D eigenvalue weighted by Gasteiger charge is 2.40. The standard InChI is InChI=1S/C15H10BrN3O3/c16-7-5-9-13-8(3-4-17-9)15(22)19(11(13)6-7)10-1-2-12(20)18-14(10)21/h3-6,10H,1-2H2,(H,18,20,21). The first-order valence-electron chi connectivity index (χ1n) is 6.82. The third-order valence-corrected chi connectivity index (χ3v) is 4.47. The maximum absolute atomic E-state index is 12.7. The summed E-state index contributed by atoms with van der Waals surface area (Å²) in [6.45, 7) is 0. The number of carbonyl (C=O) groups is 3. The Hall–Kier alpha value is -2.28. The van der Waals surface area contributed by atoms with Crippen molar-refractivity contribution in [3.8, 4) is 0 Å². The largest absolute Gasteiger partial charge is 0.295 e. The lowest BCUT2D eigenvalue weighted by Gasteiger charge is -2.30. The van der Waals surface area contributed by atoms with Gasteiger partial charge in [-0.05, 0) is 24.6 Å². The molecule has 6 nitrogen and oxygen atoms in total. The second-order valence-electron chi connectivity index (χ2n) is 5.32. The van der Waals surface area contributed by atoms with Crippen LogP contribution < -0.4 is 10.2 Å². The van der Waals surface area contributed by atoms with Gasteiger partial charge in [-0.3, -0.25) is 29.6 Å². The van der Waals surface area contributed by atoms with Gasteiger partial charge >= 0.3 is 0 Å². The lowest BCUT2D eigenvalue weighted by molar-refractivity contribution is -0.134. The summed E-state index contributed by atoms with van der Waals surface area (Å²) in [6, 6.07) is 4.63. The zero-order chi connectivity index (χ0) is 15.4. The molecule has 1 atom stereocenters. The molecule has 0 spiro atoms. The molecule has 0 bridgehead atoms. The van der Waals surface area contributed by atoms with E-state index in [1.54, 1.807) is 12.3 Å². The van der Waals surface area contributed by atoms with E-state index in [0.717, 1.165) is 9.86 Å². The van der Waals surface area contributed by atoms with E-state index in [-0.39, 0.29) is 18.2 Å². The minimum atomic E-state index is -0.671. The van der Waals surface area contributed by atoms with E-state index in [0.29, 0.717) is 23.2 Å². The molecule has 0 aliphatic carbocycles. The Labute approximate surface area is 133 Å². The van der Waals surface area contributed by atoms with Crippen molar-refractivity contribution >= 4 is 50.2 Å². The number of hydrogen-bond acceptors (Lipinski definition) is 4. The van der Waals surface area contributed by atoms with Gasteiger partial charge in [-0.2, -0.15) is 0 Å². The number of rotatable bonds is 1. The zero-order valence-corrected chi connectivity index (χ0v) is 12.9. The number of aromatic nitrogens is 1. The summed E-state index contributed by atoms with van der Waals surface area (Å²) in [5.41, 5.74) is 1.90. The van der Waals surface area contributed by atoms with E-state index >= 15 is 0 Å². The third-order valence-electron chi connectivity index (χ3n) is 4.02. The van der Waals surface area contributed by atoms with Crippen molar-refractivity contribution in [3.63, 3.8) is 0 Å². The van der Waals surface area contributed by atoms with Gasteiger partial charge in [-0.15, -0.1) is 0 Å². The molecule has 2 aromatic rings. The highest BCUT2D eigenvalue weighted by atomic mass is 79.9. The van der Waals surface area contributed by atoms with E-state index in [9.17, 15) is 14.4 Å². The summed E-state index contributed by atoms with van der Waals surface area (Å²) in [7, 11) is 0. The lowest BCUT2D eigenvalue weighted by Crippen LogP contribution is -2.53. The molecule has 2 aliphatic rings. The molecule has 0 saturated carbocycles. The van der Waals surface area contributed by atoms with Crippen LogP contribution >= 0.6 is 15.9 Å². The number of halogens is 1. The van der Waals surface area contributed by atoms with E-state index in [4.69, 9.17) is 0 Å². The Bertz CT molecular complexity index is 864. The minimum Gasteiger partial charge on any atom is -0.295 e. The summed E-state index contributed by atoms with van der Waals surface area (Å²) >= 11 is 3.41. The van der Waals surface area contributed by atoms with Crippen LogP contribution in [-0.4, -0.2) is 28.7 Å². The van der Waals surface area contributed by atoms with Crippen molar-refractivity contribution in [1.29, 1.82) is 0 Å². The summed E-state index contributed by atoms with van der Waals surface area (Å²) in [5.74, 6) is -0.958. The van der Waals surface area contributed by atoms with Crippen LogP contribution in [0.2, 0.25) is 0 Å². The van der Waals surface area contributed by atoms with Crippen molar-refractivity contribution in [1.82, 2.24) is 10.3 Å². The van der Waals surface area contributed by atoms with Gasteiger partial charge < -0.3 is 0 Å². The number of anilines is 1. The number of nitrogens with zero attached hydrogens (tertiary/aromatic N) is 2. The molecule has 1 saturated heterocycles. The molecule has 1 fully saturated rings. The van der Waals surface area contributed by atoms with Gasteiger partial charge in [0.15, 0.2) is 0 Å². The number of benzene rings is 1. The van der Waals surface area contributed by atoms with E-state index < -0.39 is 11.9 Å². The molecule has 2 aliphatic heterocycles. The van der Waals surface area contributed by atoms with Gasteiger partial charge in [0.05, 0.1) is 16.8 Å². The summed E-state index contributed by atoms with van der Waals surface area (Å²) in [6.07, 6.45) is 2.14. The molecule has 7 heteroatoms. The molecule has 1 aromatic carbocycles. The normalized spacial score (nSPS) is 20.7. The van der Waals surface area contributed by atoms with Gasteiger partial charge in [0.2, 0.25) is 11.8 Å². The van der Waals surface area contributed by atoms with Crippen molar-refractivity contribution in [2.75, 3.05) is 4.90 Å². The average molecular weight is 360 g/mol. The fourth-order valence-corrected chi connectivity index (χ4v) is 3.51. The van der Waals surface area contributed by atoms with Gasteiger partial charge in [0, 0.05) is 22.5 Å². The summed E-state index contributed by atoms with van der Waals surface area (Å²) in [4.78, 5) is 42.0. The van der Waals surface area contributed by atoms with Crippen LogP contribution in [0.25, 0.3) is 10.9 Å². The van der Waals surface area contributed by atoms with Crippen molar-refractivity contribution in [2.45, 2.75) is 18.9 Å². The monoisotopic (exact) mass is 359 g/mol. The van der Waals surface area contributed by atoms with Gasteiger partial charge in [0.1, 0.15) is 6.04 Å². The molecule has 22 heavy (non-hydrogen) atoms. The SMILES string of the molecule is O=C1CCC(N2C(=O)c3ccnc4cc(Br)cc2c34)C(=O)N1. The van der Waals surface area contributed by atoms with Crippen molar-refractivity contribution in [3.05, 3.63) is 34.4 Å². The minimum absolute atomic E-state index is 0.227. The third kappa shape index (κ3) is 1.78. The fourth-order valence-electron chi connectivity index (χ4n) is 3.08. The van der Waals surface area contributed by atoms with Gasteiger partial charge in [-0.25, -0.2) is 0 Å². The molecule has 4 rings (SSSR count). The number of pyridine rings is 1. The topological polar surface area (TPSA) is 79.4 Å². The van der Waals surface area contributed by atoms with Gasteiger partial charge in [-0.1, -0.05) is 15.9 Å². The summed E-state index contributed by atoms with van der Waals surface area (Å²) in [5, 5.41) is 3.05. The Morgan fingerprint density at radius 1 is 1.27 bits per heavy atom. The van der Waals surface area contributed by atoms with E-state index in [1.807, 2.05) is 12.1 Å². The van der Waals surface area contributed by atoms with Crippen LogP contribution in [0, 0.1) is 0 Å². The smallest absolute Gasteiger partial charge is 0.259 e. The van der Waals surface area contributed by atoms with Crippen LogP contribution in [0.1, 0.15) is 23.2 Å². The number of imide groups is 1. The molecule has 3 heterocycles. The maximum Gasteiger partial charge on any atom is 0.259 e. The number of amides is 3. The average Bonchev–Trinajstić information content (AvgIpc) is 2.74. The Kier molecular flexibility index (Phi) is 2.80. The maximum atomic E-state index is 12.7. The first-order chi connectivity index (χ1) is 10.6.